The van der Waals surface area contributed by atoms with Crippen LogP contribution in [0.5, 0.6) is 5.75 Å². The lowest BCUT2D eigenvalue weighted by molar-refractivity contribution is -0.143. The number of nitriles is 1. The summed E-state index contributed by atoms with van der Waals surface area (Å²) >= 11 is 0. The maximum Gasteiger partial charge on any atom is 0.263 e. The number of hydrogen-bond donors (Lipinski definition) is 0. The van der Waals surface area contributed by atoms with Gasteiger partial charge in [-0.05, 0) is 56.9 Å². The van der Waals surface area contributed by atoms with Gasteiger partial charge >= 0.3 is 0 Å². The van der Waals surface area contributed by atoms with Gasteiger partial charge in [-0.25, -0.2) is 0 Å². The second-order valence-electron chi connectivity index (χ2n) is 7.03. The Morgan fingerprint density at radius 2 is 1.69 bits per heavy atom. The Hall–Kier alpha value is -2.55. The van der Waals surface area contributed by atoms with Crippen molar-refractivity contribution < 1.29 is 14.3 Å². The molecule has 2 amide bonds. The third kappa shape index (κ3) is 4.16. The van der Waals surface area contributed by atoms with E-state index in [0.29, 0.717) is 24.4 Å². The van der Waals surface area contributed by atoms with Gasteiger partial charge in [0.15, 0.2) is 6.10 Å². The van der Waals surface area contributed by atoms with E-state index in [1.807, 2.05) is 4.90 Å². The minimum absolute atomic E-state index is 0.0481. The Bertz CT molecular complexity index is 681. The lowest BCUT2D eigenvalue weighted by Gasteiger charge is -2.34. The van der Waals surface area contributed by atoms with Crippen LogP contribution in [-0.2, 0) is 9.59 Å². The largest absolute Gasteiger partial charge is 0.481 e. The Balaban J connectivity index is 1.49. The number of benzene rings is 1. The van der Waals surface area contributed by atoms with Crippen molar-refractivity contribution in [1.29, 1.82) is 5.26 Å². The molecule has 0 aliphatic carbocycles. The van der Waals surface area contributed by atoms with Crippen molar-refractivity contribution in [3.63, 3.8) is 0 Å². The van der Waals surface area contributed by atoms with Crippen LogP contribution < -0.4 is 4.74 Å². The first-order valence-electron chi connectivity index (χ1n) is 9.33. The van der Waals surface area contributed by atoms with Gasteiger partial charge in [0.2, 0.25) is 5.91 Å². The molecule has 138 valence electrons. The minimum Gasteiger partial charge on any atom is -0.481 e. The third-order valence-electron chi connectivity index (χ3n) is 5.22. The first-order chi connectivity index (χ1) is 12.6. The van der Waals surface area contributed by atoms with Gasteiger partial charge < -0.3 is 14.5 Å². The summed E-state index contributed by atoms with van der Waals surface area (Å²) in [5.74, 6) is 0.828. The number of amides is 2. The van der Waals surface area contributed by atoms with Crippen LogP contribution in [0.25, 0.3) is 0 Å². The molecule has 1 unspecified atom stereocenters. The quantitative estimate of drug-likeness (QED) is 0.830. The van der Waals surface area contributed by atoms with E-state index in [2.05, 4.69) is 6.07 Å². The van der Waals surface area contributed by atoms with Crippen LogP contribution >= 0.6 is 0 Å². The zero-order valence-electron chi connectivity index (χ0n) is 15.2. The first-order valence-corrected chi connectivity index (χ1v) is 9.33. The highest BCUT2D eigenvalue weighted by molar-refractivity contribution is 5.82. The molecule has 0 saturated carbocycles. The van der Waals surface area contributed by atoms with Gasteiger partial charge in [-0.2, -0.15) is 5.26 Å². The molecule has 0 aromatic heterocycles. The van der Waals surface area contributed by atoms with Gasteiger partial charge in [0.1, 0.15) is 5.75 Å². The van der Waals surface area contributed by atoms with Crippen molar-refractivity contribution in [2.45, 2.75) is 38.7 Å². The standard InChI is InChI=1S/C20H25N3O3/c1-15(26-18-6-4-16(14-21)5-7-18)19(24)23-12-8-17(9-13-23)20(25)22-10-2-3-11-22/h4-7,15,17H,2-3,8-13H2,1H3. The molecule has 2 aliphatic heterocycles. The Morgan fingerprint density at radius 1 is 1.08 bits per heavy atom. The van der Waals surface area contributed by atoms with Crippen LogP contribution in [0, 0.1) is 17.2 Å². The zero-order valence-corrected chi connectivity index (χ0v) is 15.2. The molecule has 6 heteroatoms. The van der Waals surface area contributed by atoms with Crippen LogP contribution in [-0.4, -0.2) is 53.9 Å². The molecule has 2 fully saturated rings. The molecule has 0 N–H and O–H groups in total. The molecule has 2 aliphatic rings. The fourth-order valence-electron chi connectivity index (χ4n) is 3.66. The summed E-state index contributed by atoms with van der Waals surface area (Å²) in [5.41, 5.74) is 0.557. The van der Waals surface area contributed by atoms with Crippen LogP contribution in [0.15, 0.2) is 24.3 Å². The second kappa shape index (κ2) is 8.22. The van der Waals surface area contributed by atoms with Gasteiger partial charge in [-0.1, -0.05) is 0 Å². The monoisotopic (exact) mass is 355 g/mol. The van der Waals surface area contributed by atoms with Crippen LogP contribution in [0.3, 0.4) is 0 Å². The van der Waals surface area contributed by atoms with Gasteiger partial charge in [0.05, 0.1) is 11.6 Å². The molecule has 6 nitrogen and oxygen atoms in total. The molecule has 1 atom stereocenters. The van der Waals surface area contributed by atoms with E-state index in [-0.39, 0.29) is 17.7 Å². The highest BCUT2D eigenvalue weighted by Gasteiger charge is 2.32. The summed E-state index contributed by atoms with van der Waals surface area (Å²) in [5, 5.41) is 8.82. The predicted octanol–water partition coefficient (Wildman–Crippen LogP) is 2.19. The molecule has 1 aromatic carbocycles. The van der Waals surface area contributed by atoms with Gasteiger partial charge in [-0.3, -0.25) is 9.59 Å². The smallest absolute Gasteiger partial charge is 0.263 e. The molecule has 1 aromatic rings. The number of hydrogen-bond acceptors (Lipinski definition) is 4. The number of carbonyl (C=O) groups is 2. The first kappa shape index (κ1) is 18.2. The van der Waals surface area contributed by atoms with Gasteiger partial charge in [0, 0.05) is 32.1 Å². The molecule has 2 heterocycles. The van der Waals surface area contributed by atoms with Crippen molar-refractivity contribution >= 4 is 11.8 Å². The Kier molecular flexibility index (Phi) is 5.77. The molecule has 2 saturated heterocycles. The molecule has 0 bridgehead atoms. The summed E-state index contributed by atoms with van der Waals surface area (Å²) < 4.78 is 5.71. The van der Waals surface area contributed by atoms with Crippen LogP contribution in [0.1, 0.15) is 38.2 Å². The minimum atomic E-state index is -0.589. The summed E-state index contributed by atoms with van der Waals surface area (Å²) in [6, 6.07) is 8.79. The average molecular weight is 355 g/mol. The maximum atomic E-state index is 12.6. The topological polar surface area (TPSA) is 73.6 Å². The molecular formula is C20H25N3O3. The fraction of sp³-hybridized carbons (Fsp3) is 0.550. The highest BCUT2D eigenvalue weighted by atomic mass is 16.5. The van der Waals surface area contributed by atoms with E-state index < -0.39 is 6.10 Å². The van der Waals surface area contributed by atoms with Crippen molar-refractivity contribution in [2.24, 2.45) is 5.92 Å². The number of rotatable bonds is 4. The number of ether oxygens (including phenoxy) is 1. The Labute approximate surface area is 154 Å². The third-order valence-corrected chi connectivity index (χ3v) is 5.22. The van der Waals surface area contributed by atoms with Crippen molar-refractivity contribution in [3.8, 4) is 11.8 Å². The maximum absolute atomic E-state index is 12.6. The lowest BCUT2D eigenvalue weighted by atomic mass is 9.95. The van der Waals surface area contributed by atoms with Crippen LogP contribution in [0.4, 0.5) is 0 Å². The molecular weight excluding hydrogens is 330 g/mol. The fourth-order valence-corrected chi connectivity index (χ4v) is 3.66. The zero-order chi connectivity index (χ0) is 18.5. The summed E-state index contributed by atoms with van der Waals surface area (Å²) in [6.45, 7) is 4.71. The van der Waals surface area contributed by atoms with Crippen molar-refractivity contribution in [3.05, 3.63) is 29.8 Å². The van der Waals surface area contributed by atoms with E-state index in [1.54, 1.807) is 36.1 Å². The normalized spacial score (nSPS) is 19.1. The second-order valence-corrected chi connectivity index (χ2v) is 7.03. The van der Waals surface area contributed by atoms with Crippen LogP contribution in [0.2, 0.25) is 0 Å². The molecule has 0 radical (unpaired) electrons. The molecule has 0 spiro atoms. The Morgan fingerprint density at radius 3 is 2.27 bits per heavy atom. The van der Waals surface area contributed by atoms with E-state index in [0.717, 1.165) is 38.8 Å². The average Bonchev–Trinajstić information content (AvgIpc) is 3.22. The molecule has 26 heavy (non-hydrogen) atoms. The van der Waals surface area contributed by atoms with Crippen molar-refractivity contribution in [2.75, 3.05) is 26.2 Å². The van der Waals surface area contributed by atoms with Crippen molar-refractivity contribution in [1.82, 2.24) is 9.80 Å². The lowest BCUT2D eigenvalue weighted by Crippen LogP contribution is -2.47. The van der Waals surface area contributed by atoms with Gasteiger partial charge in [0.25, 0.3) is 5.91 Å². The van der Waals surface area contributed by atoms with E-state index in [4.69, 9.17) is 10.00 Å². The van der Waals surface area contributed by atoms with Gasteiger partial charge in [-0.15, -0.1) is 0 Å². The highest BCUT2D eigenvalue weighted by Crippen LogP contribution is 2.23. The number of nitrogens with zero attached hydrogens (tertiary/aromatic N) is 3. The SMILES string of the molecule is CC(Oc1ccc(C#N)cc1)C(=O)N1CCC(C(=O)N2CCCC2)CC1. The number of carbonyl (C=O) groups excluding carboxylic acids is 2. The summed E-state index contributed by atoms with van der Waals surface area (Å²) in [7, 11) is 0. The summed E-state index contributed by atoms with van der Waals surface area (Å²) in [4.78, 5) is 28.9. The van der Waals surface area contributed by atoms with E-state index in [9.17, 15) is 9.59 Å². The van der Waals surface area contributed by atoms with E-state index >= 15 is 0 Å². The predicted molar refractivity (Wildman–Crippen MR) is 96.4 cm³/mol. The number of piperidine rings is 1. The van der Waals surface area contributed by atoms with E-state index in [1.165, 1.54) is 0 Å². The summed E-state index contributed by atoms with van der Waals surface area (Å²) in [6.07, 6.45) is 3.07. The number of likely N-dealkylation sites (tertiary alicyclic amines) is 2. The molecule has 3 rings (SSSR count).